The zero-order valence-electron chi connectivity index (χ0n) is 13.1. The Labute approximate surface area is 121 Å². The largest absolute Gasteiger partial charge is 0.480 e. The molecule has 1 rings (SSSR count). The molecule has 1 aliphatic rings. The van der Waals surface area contributed by atoms with Gasteiger partial charge < -0.3 is 19.8 Å². The molecule has 0 saturated heterocycles. The Morgan fingerprint density at radius 3 is 2.15 bits per heavy atom. The summed E-state index contributed by atoms with van der Waals surface area (Å²) in [5.74, 6) is -0.967. The number of carbonyl (C=O) groups is 2. The van der Waals surface area contributed by atoms with Crippen LogP contribution in [0.3, 0.4) is 0 Å². The van der Waals surface area contributed by atoms with Crippen molar-refractivity contribution in [1.82, 2.24) is 14.7 Å². The summed E-state index contributed by atoms with van der Waals surface area (Å²) in [5, 5.41) is 8.90. The predicted octanol–water partition coefficient (Wildman–Crippen LogP) is 1.32. The smallest absolute Gasteiger partial charge is 0.323 e. The molecular weight excluding hydrogens is 258 g/mol. The summed E-state index contributed by atoms with van der Waals surface area (Å²) in [7, 11) is 5.84. The van der Waals surface area contributed by atoms with Gasteiger partial charge in [-0.25, -0.2) is 4.79 Å². The highest BCUT2D eigenvalue weighted by Crippen LogP contribution is 2.36. The monoisotopic (exact) mass is 285 g/mol. The Kier molecular flexibility index (Phi) is 5.80. The molecule has 0 heterocycles. The molecule has 6 heteroatoms. The molecule has 0 bridgehead atoms. The van der Waals surface area contributed by atoms with E-state index < -0.39 is 5.97 Å². The first-order valence-electron chi connectivity index (χ1n) is 7.21. The molecule has 1 N–H and O–H groups in total. The van der Waals surface area contributed by atoms with Crippen molar-refractivity contribution in [2.75, 3.05) is 40.8 Å². The molecule has 0 aromatic carbocycles. The van der Waals surface area contributed by atoms with Gasteiger partial charge in [0.15, 0.2) is 0 Å². The van der Waals surface area contributed by atoms with Gasteiger partial charge in [-0.15, -0.1) is 0 Å². The maximum absolute atomic E-state index is 12.4. The molecule has 2 amide bonds. The van der Waals surface area contributed by atoms with Gasteiger partial charge in [-0.05, 0) is 39.8 Å². The molecule has 6 nitrogen and oxygen atoms in total. The summed E-state index contributed by atoms with van der Waals surface area (Å²) in [6.45, 7) is 2.84. The van der Waals surface area contributed by atoms with Crippen LogP contribution in [-0.4, -0.2) is 78.1 Å². The topological polar surface area (TPSA) is 64.1 Å². The number of carbonyl (C=O) groups excluding carboxylic acids is 1. The molecule has 0 aromatic heterocycles. The molecule has 20 heavy (non-hydrogen) atoms. The van der Waals surface area contributed by atoms with E-state index in [9.17, 15) is 9.59 Å². The minimum absolute atomic E-state index is 0.0610. The number of likely N-dealkylation sites (N-methyl/N-ethyl adjacent to an activating group) is 2. The van der Waals surface area contributed by atoms with Crippen molar-refractivity contribution in [2.45, 2.75) is 38.1 Å². The lowest BCUT2D eigenvalue weighted by Crippen LogP contribution is -2.59. The zero-order chi connectivity index (χ0) is 15.3. The summed E-state index contributed by atoms with van der Waals surface area (Å²) in [6, 6.07) is -0.192. The fourth-order valence-corrected chi connectivity index (χ4v) is 2.76. The third-order valence-corrected chi connectivity index (χ3v) is 4.18. The van der Waals surface area contributed by atoms with Crippen LogP contribution in [-0.2, 0) is 4.79 Å². The van der Waals surface area contributed by atoms with Gasteiger partial charge in [0.05, 0.1) is 0 Å². The fraction of sp³-hybridized carbons (Fsp3) is 0.857. The van der Waals surface area contributed by atoms with Gasteiger partial charge in [-0.1, -0.05) is 6.92 Å². The van der Waals surface area contributed by atoms with Crippen molar-refractivity contribution in [2.24, 2.45) is 0 Å². The standard InChI is InChI=1S/C14H27N3O3/c1-5-9-17(10-12(18)19)13(20)16(4)11-14(15(2)3)7-6-8-14/h5-11H2,1-4H3,(H,18,19). The van der Waals surface area contributed by atoms with Crippen molar-refractivity contribution in [3.8, 4) is 0 Å². The highest BCUT2D eigenvalue weighted by molar-refractivity contribution is 5.80. The van der Waals surface area contributed by atoms with Gasteiger partial charge in [0, 0.05) is 25.7 Å². The van der Waals surface area contributed by atoms with Gasteiger partial charge >= 0.3 is 12.0 Å². The lowest BCUT2D eigenvalue weighted by Gasteiger charge is -2.49. The van der Waals surface area contributed by atoms with Crippen LogP contribution in [0.4, 0.5) is 4.79 Å². The number of hydrogen-bond acceptors (Lipinski definition) is 3. The first-order valence-corrected chi connectivity index (χ1v) is 7.21. The molecule has 116 valence electrons. The molecular formula is C14H27N3O3. The van der Waals surface area contributed by atoms with Crippen LogP contribution in [0.15, 0.2) is 0 Å². The number of carboxylic acids is 1. The number of rotatable bonds is 7. The van der Waals surface area contributed by atoms with Crippen molar-refractivity contribution in [3.63, 3.8) is 0 Å². The number of nitrogens with zero attached hydrogens (tertiary/aromatic N) is 3. The normalized spacial score (nSPS) is 16.6. The molecule has 0 unspecified atom stereocenters. The van der Waals surface area contributed by atoms with E-state index >= 15 is 0 Å². The van der Waals surface area contributed by atoms with E-state index in [-0.39, 0.29) is 18.1 Å². The predicted molar refractivity (Wildman–Crippen MR) is 77.8 cm³/mol. The van der Waals surface area contributed by atoms with E-state index in [0.717, 1.165) is 19.3 Å². The second-order valence-corrected chi connectivity index (χ2v) is 5.93. The Hall–Kier alpha value is -1.30. The van der Waals surface area contributed by atoms with E-state index in [1.807, 2.05) is 21.0 Å². The second kappa shape index (κ2) is 6.92. The highest BCUT2D eigenvalue weighted by Gasteiger charge is 2.41. The SMILES string of the molecule is CCCN(CC(=O)O)C(=O)N(C)CC1(N(C)C)CCC1. The first-order chi connectivity index (χ1) is 9.32. The van der Waals surface area contributed by atoms with Crippen LogP contribution in [0.2, 0.25) is 0 Å². The average Bonchev–Trinajstić information content (AvgIpc) is 2.31. The number of urea groups is 1. The summed E-state index contributed by atoms with van der Waals surface area (Å²) < 4.78 is 0. The number of aliphatic carboxylic acids is 1. The lowest BCUT2D eigenvalue weighted by molar-refractivity contribution is -0.137. The maximum atomic E-state index is 12.4. The van der Waals surface area contributed by atoms with Gasteiger partial charge in [-0.2, -0.15) is 0 Å². The van der Waals surface area contributed by atoms with E-state index in [1.165, 1.54) is 11.3 Å². The quantitative estimate of drug-likeness (QED) is 0.766. The first kappa shape index (κ1) is 16.8. The van der Waals surface area contributed by atoms with Crippen LogP contribution < -0.4 is 0 Å². The summed E-state index contributed by atoms with van der Waals surface area (Å²) in [6.07, 6.45) is 4.12. The van der Waals surface area contributed by atoms with E-state index in [0.29, 0.717) is 13.1 Å². The van der Waals surface area contributed by atoms with Crippen LogP contribution in [0.1, 0.15) is 32.6 Å². The van der Waals surface area contributed by atoms with Crippen molar-refractivity contribution in [3.05, 3.63) is 0 Å². The van der Waals surface area contributed by atoms with Gasteiger partial charge in [0.2, 0.25) is 0 Å². The number of amides is 2. The molecule has 0 spiro atoms. The van der Waals surface area contributed by atoms with Crippen LogP contribution in [0.5, 0.6) is 0 Å². The van der Waals surface area contributed by atoms with Crippen LogP contribution in [0.25, 0.3) is 0 Å². The van der Waals surface area contributed by atoms with E-state index in [2.05, 4.69) is 4.90 Å². The Morgan fingerprint density at radius 1 is 1.20 bits per heavy atom. The Morgan fingerprint density at radius 2 is 1.80 bits per heavy atom. The average molecular weight is 285 g/mol. The lowest BCUT2D eigenvalue weighted by atomic mass is 9.75. The van der Waals surface area contributed by atoms with Crippen LogP contribution in [0, 0.1) is 0 Å². The molecule has 0 aromatic rings. The van der Waals surface area contributed by atoms with Crippen molar-refractivity contribution in [1.29, 1.82) is 0 Å². The minimum Gasteiger partial charge on any atom is -0.480 e. The Balaban J connectivity index is 2.66. The van der Waals surface area contributed by atoms with Gasteiger partial charge in [-0.3, -0.25) is 4.79 Å². The summed E-state index contributed by atoms with van der Waals surface area (Å²) >= 11 is 0. The molecule has 1 fully saturated rings. The number of carboxylic acid groups (broad SMARTS) is 1. The minimum atomic E-state index is -0.967. The second-order valence-electron chi connectivity index (χ2n) is 5.93. The number of hydrogen-bond donors (Lipinski definition) is 1. The summed E-state index contributed by atoms with van der Waals surface area (Å²) in [4.78, 5) is 28.5. The Bertz CT molecular complexity index is 354. The van der Waals surface area contributed by atoms with Crippen molar-refractivity contribution < 1.29 is 14.7 Å². The molecule has 1 saturated carbocycles. The molecule has 0 radical (unpaired) electrons. The fourth-order valence-electron chi connectivity index (χ4n) is 2.76. The third kappa shape index (κ3) is 3.85. The summed E-state index contributed by atoms with van der Waals surface area (Å²) in [5.41, 5.74) is 0.0610. The van der Waals surface area contributed by atoms with Crippen LogP contribution >= 0.6 is 0 Å². The maximum Gasteiger partial charge on any atom is 0.323 e. The molecule has 0 aliphatic heterocycles. The highest BCUT2D eigenvalue weighted by atomic mass is 16.4. The molecule has 1 aliphatic carbocycles. The van der Waals surface area contributed by atoms with E-state index in [1.54, 1.807) is 11.9 Å². The zero-order valence-corrected chi connectivity index (χ0v) is 13.1. The van der Waals surface area contributed by atoms with Crippen molar-refractivity contribution >= 4 is 12.0 Å². The van der Waals surface area contributed by atoms with Gasteiger partial charge in [0.1, 0.15) is 6.54 Å². The third-order valence-electron chi connectivity index (χ3n) is 4.18. The van der Waals surface area contributed by atoms with Gasteiger partial charge in [0.25, 0.3) is 0 Å². The molecule has 0 atom stereocenters. The van der Waals surface area contributed by atoms with E-state index in [4.69, 9.17) is 5.11 Å².